The molecule has 2 aromatic carbocycles. The highest BCUT2D eigenvalue weighted by Gasteiger charge is 2.11. The molecule has 0 heterocycles. The maximum Gasteiger partial charge on any atom is 0.258 e. The summed E-state index contributed by atoms with van der Waals surface area (Å²) in [6, 6.07) is 13.5. The Labute approximate surface area is 139 Å². The van der Waals surface area contributed by atoms with E-state index in [-0.39, 0.29) is 18.6 Å². The molecule has 6 heteroatoms. The van der Waals surface area contributed by atoms with E-state index in [9.17, 15) is 9.59 Å². The molecule has 120 valence electrons. The number of amides is 2. The van der Waals surface area contributed by atoms with Gasteiger partial charge in [-0.1, -0.05) is 29.8 Å². The van der Waals surface area contributed by atoms with Gasteiger partial charge in [-0.3, -0.25) is 9.59 Å². The number of primary amides is 1. The minimum atomic E-state index is -0.547. The van der Waals surface area contributed by atoms with Crippen molar-refractivity contribution in [3.05, 3.63) is 64.7 Å². The van der Waals surface area contributed by atoms with Gasteiger partial charge in [-0.25, -0.2) is 0 Å². The number of benzene rings is 2. The summed E-state index contributed by atoms with van der Waals surface area (Å²) in [6.07, 6.45) is 0. The predicted octanol–water partition coefficient (Wildman–Crippen LogP) is 2.70. The van der Waals surface area contributed by atoms with Crippen molar-refractivity contribution >= 4 is 23.4 Å². The summed E-state index contributed by atoms with van der Waals surface area (Å²) >= 11 is 5.93. The smallest absolute Gasteiger partial charge is 0.258 e. The molecule has 0 aliphatic rings. The normalized spacial score (nSPS) is 11.6. The van der Waals surface area contributed by atoms with Crippen LogP contribution in [0.3, 0.4) is 0 Å². The number of hydrogen-bond donors (Lipinski definition) is 2. The van der Waals surface area contributed by atoms with Crippen LogP contribution in [-0.4, -0.2) is 18.4 Å². The largest absolute Gasteiger partial charge is 0.484 e. The quantitative estimate of drug-likeness (QED) is 0.853. The zero-order valence-electron chi connectivity index (χ0n) is 12.6. The number of halogens is 1. The molecule has 2 amide bonds. The maximum absolute atomic E-state index is 11.9. The monoisotopic (exact) mass is 332 g/mol. The molecule has 2 aromatic rings. The van der Waals surface area contributed by atoms with Crippen LogP contribution < -0.4 is 15.8 Å². The van der Waals surface area contributed by atoms with Gasteiger partial charge in [0.15, 0.2) is 6.61 Å². The standard InChI is InChI=1S/C17H17ClN2O3/c1-11(12-4-2-6-14(18)8-12)20-16(21)10-23-15-7-3-5-13(9-15)17(19)22/h2-9,11H,10H2,1H3,(H2,19,22)(H,20,21). The lowest BCUT2D eigenvalue weighted by Crippen LogP contribution is -2.31. The second-order valence-corrected chi connectivity index (χ2v) is 5.46. The Balaban J connectivity index is 1.90. The molecule has 0 spiro atoms. The molecule has 3 N–H and O–H groups in total. The topological polar surface area (TPSA) is 81.4 Å². The van der Waals surface area contributed by atoms with Gasteiger partial charge in [0.05, 0.1) is 6.04 Å². The molecule has 0 aliphatic heterocycles. The molecule has 0 bridgehead atoms. The van der Waals surface area contributed by atoms with E-state index < -0.39 is 5.91 Å². The summed E-state index contributed by atoms with van der Waals surface area (Å²) in [5.74, 6) is -0.414. The highest BCUT2D eigenvalue weighted by atomic mass is 35.5. The highest BCUT2D eigenvalue weighted by Crippen LogP contribution is 2.17. The van der Waals surface area contributed by atoms with Crippen LogP contribution in [0.5, 0.6) is 5.75 Å². The summed E-state index contributed by atoms with van der Waals surface area (Å²) in [4.78, 5) is 23.0. The van der Waals surface area contributed by atoms with Crippen molar-refractivity contribution in [2.75, 3.05) is 6.61 Å². The van der Waals surface area contributed by atoms with Gasteiger partial charge in [0.1, 0.15) is 5.75 Å². The van der Waals surface area contributed by atoms with Crippen molar-refractivity contribution in [3.8, 4) is 5.75 Å². The average molecular weight is 333 g/mol. The molecule has 0 saturated carbocycles. The first-order valence-corrected chi connectivity index (χ1v) is 7.41. The molecule has 0 aromatic heterocycles. The third-order valence-corrected chi connectivity index (χ3v) is 3.45. The molecule has 0 fully saturated rings. The van der Waals surface area contributed by atoms with Crippen LogP contribution in [0.15, 0.2) is 48.5 Å². The summed E-state index contributed by atoms with van der Waals surface area (Å²) in [5, 5.41) is 3.43. The zero-order chi connectivity index (χ0) is 16.8. The van der Waals surface area contributed by atoms with Gasteiger partial charge >= 0.3 is 0 Å². The summed E-state index contributed by atoms with van der Waals surface area (Å²) in [6.45, 7) is 1.70. The average Bonchev–Trinajstić information content (AvgIpc) is 2.53. The molecule has 23 heavy (non-hydrogen) atoms. The fraction of sp³-hybridized carbons (Fsp3) is 0.176. The van der Waals surface area contributed by atoms with Crippen LogP contribution in [0.2, 0.25) is 5.02 Å². The Morgan fingerprint density at radius 3 is 2.65 bits per heavy atom. The van der Waals surface area contributed by atoms with E-state index >= 15 is 0 Å². The Kier molecular flexibility index (Phi) is 5.60. The zero-order valence-corrected chi connectivity index (χ0v) is 13.3. The Morgan fingerprint density at radius 1 is 1.22 bits per heavy atom. The van der Waals surface area contributed by atoms with Crippen molar-refractivity contribution in [2.24, 2.45) is 5.73 Å². The number of hydrogen-bond acceptors (Lipinski definition) is 3. The number of ether oxygens (including phenoxy) is 1. The van der Waals surface area contributed by atoms with E-state index in [1.807, 2.05) is 19.1 Å². The third kappa shape index (κ3) is 5.00. The molecule has 1 unspecified atom stereocenters. The van der Waals surface area contributed by atoms with E-state index in [1.165, 1.54) is 6.07 Å². The fourth-order valence-electron chi connectivity index (χ4n) is 2.03. The molecule has 0 saturated heterocycles. The van der Waals surface area contributed by atoms with E-state index in [4.69, 9.17) is 22.1 Å². The van der Waals surface area contributed by atoms with E-state index in [1.54, 1.807) is 30.3 Å². The van der Waals surface area contributed by atoms with Crippen LogP contribution in [0.1, 0.15) is 28.9 Å². The van der Waals surface area contributed by atoms with Gasteiger partial charge in [0.2, 0.25) is 5.91 Å². The SMILES string of the molecule is CC(NC(=O)COc1cccc(C(N)=O)c1)c1cccc(Cl)c1. The molecule has 2 rings (SSSR count). The summed E-state index contributed by atoms with van der Waals surface area (Å²) < 4.78 is 5.37. The van der Waals surface area contributed by atoms with Gasteiger partial charge in [-0.05, 0) is 42.8 Å². The second-order valence-electron chi connectivity index (χ2n) is 5.02. The van der Waals surface area contributed by atoms with Crippen molar-refractivity contribution in [2.45, 2.75) is 13.0 Å². The minimum Gasteiger partial charge on any atom is -0.484 e. The van der Waals surface area contributed by atoms with Gasteiger partial charge < -0.3 is 15.8 Å². The van der Waals surface area contributed by atoms with Crippen LogP contribution in [0.4, 0.5) is 0 Å². The number of nitrogens with two attached hydrogens (primary N) is 1. The first-order valence-electron chi connectivity index (χ1n) is 7.03. The lowest BCUT2D eigenvalue weighted by molar-refractivity contribution is -0.123. The van der Waals surface area contributed by atoms with Crippen molar-refractivity contribution in [1.82, 2.24) is 5.32 Å². The van der Waals surface area contributed by atoms with E-state index in [2.05, 4.69) is 5.32 Å². The maximum atomic E-state index is 11.9. The number of carbonyl (C=O) groups excluding carboxylic acids is 2. The molecule has 0 radical (unpaired) electrons. The van der Waals surface area contributed by atoms with Crippen LogP contribution in [0, 0.1) is 0 Å². The molecular formula is C17H17ClN2O3. The fourth-order valence-corrected chi connectivity index (χ4v) is 2.23. The lowest BCUT2D eigenvalue weighted by Gasteiger charge is -2.15. The third-order valence-electron chi connectivity index (χ3n) is 3.21. The molecule has 5 nitrogen and oxygen atoms in total. The Hall–Kier alpha value is -2.53. The predicted molar refractivity (Wildman–Crippen MR) is 88.5 cm³/mol. The Bertz CT molecular complexity index is 718. The van der Waals surface area contributed by atoms with E-state index in [0.29, 0.717) is 16.3 Å². The minimum absolute atomic E-state index is 0.160. The lowest BCUT2D eigenvalue weighted by atomic mass is 10.1. The first kappa shape index (κ1) is 16.8. The number of nitrogens with one attached hydrogen (secondary N) is 1. The second kappa shape index (κ2) is 7.65. The van der Waals surface area contributed by atoms with Crippen LogP contribution >= 0.6 is 11.6 Å². The van der Waals surface area contributed by atoms with Gasteiger partial charge in [0.25, 0.3) is 5.91 Å². The summed E-state index contributed by atoms with van der Waals surface area (Å²) in [7, 11) is 0. The molecular weight excluding hydrogens is 316 g/mol. The Morgan fingerprint density at radius 2 is 1.96 bits per heavy atom. The first-order chi connectivity index (χ1) is 11.0. The van der Waals surface area contributed by atoms with Crippen molar-refractivity contribution in [3.63, 3.8) is 0 Å². The van der Waals surface area contributed by atoms with Crippen LogP contribution in [-0.2, 0) is 4.79 Å². The molecule has 0 aliphatic carbocycles. The van der Waals surface area contributed by atoms with E-state index in [0.717, 1.165) is 5.56 Å². The van der Waals surface area contributed by atoms with Gasteiger partial charge in [-0.2, -0.15) is 0 Å². The number of carbonyl (C=O) groups is 2. The number of rotatable bonds is 6. The van der Waals surface area contributed by atoms with Crippen molar-refractivity contribution in [1.29, 1.82) is 0 Å². The van der Waals surface area contributed by atoms with Crippen molar-refractivity contribution < 1.29 is 14.3 Å². The molecule has 1 atom stereocenters. The highest BCUT2D eigenvalue weighted by molar-refractivity contribution is 6.30. The van der Waals surface area contributed by atoms with Crippen LogP contribution in [0.25, 0.3) is 0 Å². The van der Waals surface area contributed by atoms with Gasteiger partial charge in [0, 0.05) is 10.6 Å². The van der Waals surface area contributed by atoms with Gasteiger partial charge in [-0.15, -0.1) is 0 Å². The summed E-state index contributed by atoms with van der Waals surface area (Å²) in [5.41, 5.74) is 6.43.